The van der Waals surface area contributed by atoms with Gasteiger partial charge in [-0.15, -0.1) is 0 Å². The smallest absolute Gasteiger partial charge is 0.274 e. The summed E-state index contributed by atoms with van der Waals surface area (Å²) < 4.78 is 15.2. The minimum absolute atomic E-state index is 0.175. The monoisotopic (exact) mass is 247 g/mol. The first-order chi connectivity index (χ1) is 8.61. The van der Waals surface area contributed by atoms with E-state index in [0.29, 0.717) is 12.2 Å². The third kappa shape index (κ3) is 2.40. The average molecular weight is 247 g/mol. The summed E-state index contributed by atoms with van der Waals surface area (Å²) in [6, 6.07) is 6.28. The number of carbonyl (C=O) groups excluding carboxylic acids is 1. The number of hydrogen-bond donors (Lipinski definition) is 1. The zero-order chi connectivity index (χ0) is 13.1. The van der Waals surface area contributed by atoms with Gasteiger partial charge in [0.1, 0.15) is 11.5 Å². The van der Waals surface area contributed by atoms with Crippen LogP contribution in [0.15, 0.2) is 30.5 Å². The molecule has 2 rings (SSSR count). The molecule has 0 saturated heterocycles. The van der Waals surface area contributed by atoms with Gasteiger partial charge in [-0.25, -0.2) is 4.39 Å². The maximum absolute atomic E-state index is 13.6. The van der Waals surface area contributed by atoms with Crippen LogP contribution in [0.5, 0.6) is 0 Å². The number of rotatable bonds is 3. The summed E-state index contributed by atoms with van der Waals surface area (Å²) in [4.78, 5) is 12.0. The molecule has 2 aromatic rings. The Morgan fingerprint density at radius 3 is 2.89 bits per heavy atom. The summed E-state index contributed by atoms with van der Waals surface area (Å²) in [5, 5.41) is 6.54. The van der Waals surface area contributed by atoms with Gasteiger partial charge in [-0.2, -0.15) is 5.10 Å². The number of aryl methyl sites for hydroxylation is 2. The van der Waals surface area contributed by atoms with Crippen molar-refractivity contribution in [3.8, 4) is 0 Å². The quantitative estimate of drug-likeness (QED) is 0.906. The fourth-order valence-corrected chi connectivity index (χ4v) is 1.69. The van der Waals surface area contributed by atoms with Crippen LogP contribution in [0.2, 0.25) is 0 Å². The molecule has 1 heterocycles. The lowest BCUT2D eigenvalue weighted by Crippen LogP contribution is -2.18. The van der Waals surface area contributed by atoms with E-state index in [0.717, 1.165) is 5.56 Å². The van der Waals surface area contributed by atoms with E-state index < -0.39 is 5.82 Å². The Morgan fingerprint density at radius 1 is 1.44 bits per heavy atom. The summed E-state index contributed by atoms with van der Waals surface area (Å²) >= 11 is 0. The zero-order valence-corrected chi connectivity index (χ0v) is 10.3. The molecule has 18 heavy (non-hydrogen) atoms. The molecule has 94 valence electrons. The summed E-state index contributed by atoms with van der Waals surface area (Å²) in [7, 11) is 0. The molecule has 1 N–H and O–H groups in total. The molecule has 0 fully saturated rings. The van der Waals surface area contributed by atoms with Gasteiger partial charge in [-0.1, -0.05) is 6.07 Å². The predicted molar refractivity (Wildman–Crippen MR) is 67.0 cm³/mol. The first kappa shape index (κ1) is 12.3. The van der Waals surface area contributed by atoms with Gasteiger partial charge in [0, 0.05) is 12.7 Å². The topological polar surface area (TPSA) is 46.9 Å². The van der Waals surface area contributed by atoms with Gasteiger partial charge >= 0.3 is 0 Å². The highest BCUT2D eigenvalue weighted by molar-refractivity contribution is 6.03. The Bertz CT molecular complexity index is 577. The van der Waals surface area contributed by atoms with Crippen LogP contribution in [0.4, 0.5) is 10.1 Å². The van der Waals surface area contributed by atoms with E-state index in [1.807, 2.05) is 6.92 Å². The highest BCUT2D eigenvalue weighted by Gasteiger charge is 2.13. The number of nitrogens with zero attached hydrogens (tertiary/aromatic N) is 2. The number of benzene rings is 1. The number of halogens is 1. The lowest BCUT2D eigenvalue weighted by molar-refractivity contribution is 0.101. The van der Waals surface area contributed by atoms with Crippen molar-refractivity contribution in [2.45, 2.75) is 20.4 Å². The van der Waals surface area contributed by atoms with Crippen molar-refractivity contribution < 1.29 is 9.18 Å². The maximum Gasteiger partial charge on any atom is 0.274 e. The normalized spacial score (nSPS) is 10.4. The number of aromatic nitrogens is 2. The third-order valence-electron chi connectivity index (χ3n) is 2.62. The van der Waals surface area contributed by atoms with Gasteiger partial charge in [0.25, 0.3) is 5.91 Å². The van der Waals surface area contributed by atoms with Gasteiger partial charge < -0.3 is 5.32 Å². The Balaban J connectivity index is 2.21. The second-order valence-corrected chi connectivity index (χ2v) is 3.97. The van der Waals surface area contributed by atoms with Crippen LogP contribution in [-0.4, -0.2) is 15.7 Å². The van der Waals surface area contributed by atoms with Crippen LogP contribution in [0.1, 0.15) is 23.0 Å². The molecule has 0 aliphatic heterocycles. The van der Waals surface area contributed by atoms with Crippen molar-refractivity contribution in [1.82, 2.24) is 9.78 Å². The highest BCUT2D eigenvalue weighted by Crippen LogP contribution is 2.16. The fraction of sp³-hybridized carbons (Fsp3) is 0.231. The van der Waals surface area contributed by atoms with E-state index in [1.165, 1.54) is 6.07 Å². The van der Waals surface area contributed by atoms with E-state index in [-0.39, 0.29) is 11.6 Å². The van der Waals surface area contributed by atoms with E-state index in [1.54, 1.807) is 36.0 Å². The molecule has 0 bridgehead atoms. The van der Waals surface area contributed by atoms with Crippen molar-refractivity contribution >= 4 is 11.6 Å². The predicted octanol–water partition coefficient (Wildman–Crippen LogP) is 2.60. The van der Waals surface area contributed by atoms with Crippen LogP contribution in [-0.2, 0) is 6.54 Å². The molecule has 0 atom stereocenters. The molecular weight excluding hydrogens is 233 g/mol. The molecule has 0 aliphatic carbocycles. The van der Waals surface area contributed by atoms with Crippen molar-refractivity contribution in [1.29, 1.82) is 0 Å². The largest absolute Gasteiger partial charge is 0.318 e. The van der Waals surface area contributed by atoms with Crippen LogP contribution in [0.3, 0.4) is 0 Å². The van der Waals surface area contributed by atoms with E-state index in [9.17, 15) is 9.18 Å². The second-order valence-electron chi connectivity index (χ2n) is 3.97. The standard InChI is InChI=1S/C13H14FN3O/c1-3-17-12(6-7-15-17)13(18)16-11-5-4-9(2)8-10(11)14/h4-8H,3H2,1-2H3,(H,16,18). The Morgan fingerprint density at radius 2 is 2.22 bits per heavy atom. The minimum Gasteiger partial charge on any atom is -0.318 e. The van der Waals surface area contributed by atoms with Crippen molar-refractivity contribution in [3.05, 3.63) is 47.5 Å². The molecule has 0 spiro atoms. The average Bonchev–Trinajstić information content (AvgIpc) is 2.81. The Kier molecular flexibility index (Phi) is 3.41. The summed E-state index contributed by atoms with van der Waals surface area (Å²) in [6.07, 6.45) is 1.55. The van der Waals surface area contributed by atoms with Crippen LogP contribution < -0.4 is 5.32 Å². The lowest BCUT2D eigenvalue weighted by atomic mass is 10.2. The fourth-order valence-electron chi connectivity index (χ4n) is 1.69. The van der Waals surface area contributed by atoms with Crippen molar-refractivity contribution in [2.24, 2.45) is 0 Å². The van der Waals surface area contributed by atoms with Gasteiger partial charge in [0.05, 0.1) is 5.69 Å². The third-order valence-corrected chi connectivity index (χ3v) is 2.62. The van der Waals surface area contributed by atoms with E-state index in [2.05, 4.69) is 10.4 Å². The number of amides is 1. The number of anilines is 1. The van der Waals surface area contributed by atoms with Gasteiger partial charge in [-0.3, -0.25) is 9.48 Å². The van der Waals surface area contributed by atoms with Gasteiger partial charge in [-0.05, 0) is 37.6 Å². The summed E-state index contributed by atoms with van der Waals surface area (Å²) in [6.45, 7) is 4.27. The number of nitrogens with one attached hydrogen (secondary N) is 1. The molecular formula is C13H14FN3O. The molecule has 1 aromatic carbocycles. The van der Waals surface area contributed by atoms with Crippen molar-refractivity contribution in [3.63, 3.8) is 0 Å². The molecule has 0 aliphatic rings. The highest BCUT2D eigenvalue weighted by atomic mass is 19.1. The molecule has 5 heteroatoms. The first-order valence-corrected chi connectivity index (χ1v) is 5.71. The lowest BCUT2D eigenvalue weighted by Gasteiger charge is -2.08. The molecule has 0 radical (unpaired) electrons. The molecule has 0 saturated carbocycles. The Hall–Kier alpha value is -2.17. The van der Waals surface area contributed by atoms with Gasteiger partial charge in [0.2, 0.25) is 0 Å². The van der Waals surface area contributed by atoms with Crippen LogP contribution in [0, 0.1) is 12.7 Å². The molecule has 1 amide bonds. The maximum atomic E-state index is 13.6. The summed E-state index contributed by atoms with van der Waals surface area (Å²) in [5.74, 6) is -0.803. The minimum atomic E-state index is -0.439. The second kappa shape index (κ2) is 5.00. The number of carbonyl (C=O) groups is 1. The van der Waals surface area contributed by atoms with Crippen molar-refractivity contribution in [2.75, 3.05) is 5.32 Å². The SMILES string of the molecule is CCn1nccc1C(=O)Nc1ccc(C)cc1F. The van der Waals surface area contributed by atoms with Gasteiger partial charge in [0.15, 0.2) is 0 Å². The Labute approximate surface area is 104 Å². The van der Waals surface area contributed by atoms with Crippen LogP contribution >= 0.6 is 0 Å². The van der Waals surface area contributed by atoms with E-state index >= 15 is 0 Å². The zero-order valence-electron chi connectivity index (χ0n) is 10.3. The van der Waals surface area contributed by atoms with Crippen LogP contribution in [0.25, 0.3) is 0 Å². The molecule has 4 nitrogen and oxygen atoms in total. The summed E-state index contributed by atoms with van der Waals surface area (Å²) in [5.41, 5.74) is 1.40. The van der Waals surface area contributed by atoms with E-state index in [4.69, 9.17) is 0 Å². The first-order valence-electron chi connectivity index (χ1n) is 5.71. The molecule has 1 aromatic heterocycles. The molecule has 0 unspecified atom stereocenters. The number of hydrogen-bond acceptors (Lipinski definition) is 2.